The normalized spacial score (nSPS) is 12.7. The fourth-order valence-electron chi connectivity index (χ4n) is 2.35. The van der Waals surface area contributed by atoms with E-state index in [2.05, 4.69) is 41.4 Å². The fourth-order valence-corrected chi connectivity index (χ4v) is 2.35. The van der Waals surface area contributed by atoms with Gasteiger partial charge in [-0.1, -0.05) is 19.9 Å². The molecule has 0 fully saturated rings. The number of aryl methyl sites for hydroxylation is 1. The van der Waals surface area contributed by atoms with Crippen molar-refractivity contribution in [2.24, 2.45) is 10.9 Å². The van der Waals surface area contributed by atoms with Gasteiger partial charge in [0, 0.05) is 25.0 Å². The molecule has 5 nitrogen and oxygen atoms in total. The molecule has 1 aromatic carbocycles. The summed E-state index contributed by atoms with van der Waals surface area (Å²) < 4.78 is 16.2. The first-order valence-corrected chi connectivity index (χ1v) is 8.76. The number of aromatic nitrogens is 2. The van der Waals surface area contributed by atoms with Gasteiger partial charge in [0.05, 0.1) is 12.2 Å². The molecule has 26 heavy (non-hydrogen) atoms. The van der Waals surface area contributed by atoms with E-state index < -0.39 is 0 Å². The summed E-state index contributed by atoms with van der Waals surface area (Å²) in [5.41, 5.74) is 1.33. The minimum absolute atomic E-state index is 0. The Bertz CT molecular complexity index is 726. The molecule has 144 valence electrons. The van der Waals surface area contributed by atoms with Crippen LogP contribution in [0, 0.1) is 18.7 Å². The number of hydrogen-bond donors (Lipinski definition) is 2. The summed E-state index contributed by atoms with van der Waals surface area (Å²) in [4.78, 5) is 8.70. The predicted octanol–water partition coefficient (Wildman–Crippen LogP) is 4.04. The summed E-state index contributed by atoms with van der Waals surface area (Å²) in [5, 5.41) is 6.60. The van der Waals surface area contributed by atoms with Crippen LogP contribution in [0.4, 0.5) is 4.39 Å². The average molecular weight is 473 g/mol. The number of nitrogens with one attached hydrogen (secondary N) is 2. The Morgan fingerprint density at radius 3 is 2.58 bits per heavy atom. The van der Waals surface area contributed by atoms with Crippen molar-refractivity contribution in [2.45, 2.75) is 47.2 Å². The lowest BCUT2D eigenvalue weighted by atomic mass is 10.1. The van der Waals surface area contributed by atoms with E-state index in [0.717, 1.165) is 23.9 Å². The number of hydrogen-bond acceptors (Lipinski definition) is 2. The van der Waals surface area contributed by atoms with E-state index in [1.807, 2.05) is 19.9 Å². The summed E-state index contributed by atoms with van der Waals surface area (Å²) in [6.45, 7) is 11.5. The highest BCUT2D eigenvalue weighted by Gasteiger charge is 2.10. The summed E-state index contributed by atoms with van der Waals surface area (Å²) in [6.07, 6.45) is 3.42. The molecule has 1 unspecified atom stereocenters. The zero-order valence-electron chi connectivity index (χ0n) is 16.1. The highest BCUT2D eigenvalue weighted by Crippen LogP contribution is 2.17. The van der Waals surface area contributed by atoms with Gasteiger partial charge in [-0.2, -0.15) is 0 Å². The Morgan fingerprint density at radius 2 is 2.04 bits per heavy atom. The van der Waals surface area contributed by atoms with Crippen LogP contribution in [-0.4, -0.2) is 28.1 Å². The molecule has 0 amide bonds. The quantitative estimate of drug-likeness (QED) is 0.379. The van der Waals surface area contributed by atoms with Crippen LogP contribution < -0.4 is 10.6 Å². The van der Waals surface area contributed by atoms with Crippen molar-refractivity contribution in [3.63, 3.8) is 0 Å². The molecule has 1 heterocycles. The van der Waals surface area contributed by atoms with Gasteiger partial charge >= 0.3 is 0 Å². The van der Waals surface area contributed by atoms with Crippen LogP contribution in [0.5, 0.6) is 0 Å². The second-order valence-electron chi connectivity index (χ2n) is 6.50. The molecular formula is C19H29FIN5. The molecule has 0 spiro atoms. The van der Waals surface area contributed by atoms with Crippen molar-refractivity contribution in [3.8, 4) is 5.69 Å². The summed E-state index contributed by atoms with van der Waals surface area (Å²) >= 11 is 0. The highest BCUT2D eigenvalue weighted by atomic mass is 127. The van der Waals surface area contributed by atoms with Gasteiger partial charge in [-0.05, 0) is 44.4 Å². The topological polar surface area (TPSA) is 54.2 Å². The number of benzene rings is 1. The third-order valence-corrected chi connectivity index (χ3v) is 4.23. The van der Waals surface area contributed by atoms with Crippen molar-refractivity contribution >= 4 is 29.9 Å². The van der Waals surface area contributed by atoms with Crippen LogP contribution >= 0.6 is 24.0 Å². The van der Waals surface area contributed by atoms with Gasteiger partial charge in [0.2, 0.25) is 0 Å². The summed E-state index contributed by atoms with van der Waals surface area (Å²) in [7, 11) is 0. The monoisotopic (exact) mass is 473 g/mol. The minimum Gasteiger partial charge on any atom is -0.357 e. The molecule has 2 aromatic rings. The van der Waals surface area contributed by atoms with Crippen LogP contribution in [-0.2, 0) is 6.54 Å². The summed E-state index contributed by atoms with van der Waals surface area (Å²) in [6, 6.07) is 5.51. The lowest BCUT2D eigenvalue weighted by Gasteiger charge is -2.20. The number of imidazole rings is 1. The van der Waals surface area contributed by atoms with E-state index in [9.17, 15) is 4.39 Å². The Morgan fingerprint density at radius 1 is 1.31 bits per heavy atom. The maximum atomic E-state index is 14.5. The van der Waals surface area contributed by atoms with Crippen molar-refractivity contribution in [3.05, 3.63) is 47.8 Å². The molecule has 0 saturated heterocycles. The van der Waals surface area contributed by atoms with Crippen LogP contribution in [0.2, 0.25) is 0 Å². The van der Waals surface area contributed by atoms with Crippen molar-refractivity contribution in [2.75, 3.05) is 6.54 Å². The lowest BCUT2D eigenvalue weighted by molar-refractivity contribution is 0.481. The standard InChI is InChI=1S/C19H28FN5.HI/c1-6-21-19(24-14(4)13(2)3)23-12-16-7-8-18(17(20)11-16)25-10-9-22-15(25)5;/h7-11,13-14H,6,12H2,1-5H3,(H2,21,23,24);1H. The molecule has 1 atom stereocenters. The Balaban J connectivity index is 0.00000338. The highest BCUT2D eigenvalue weighted by molar-refractivity contribution is 14.0. The number of rotatable bonds is 6. The lowest BCUT2D eigenvalue weighted by Crippen LogP contribution is -2.44. The minimum atomic E-state index is -0.276. The molecule has 7 heteroatoms. The Kier molecular flexibility index (Phi) is 9.04. The molecule has 0 aliphatic heterocycles. The molecule has 0 saturated carbocycles. The maximum Gasteiger partial charge on any atom is 0.191 e. The molecule has 0 aliphatic rings. The third-order valence-electron chi connectivity index (χ3n) is 4.23. The molecular weight excluding hydrogens is 444 g/mol. The Hall–Kier alpha value is -1.64. The second-order valence-corrected chi connectivity index (χ2v) is 6.50. The molecule has 0 radical (unpaired) electrons. The van der Waals surface area contributed by atoms with E-state index in [1.165, 1.54) is 6.07 Å². The number of guanidine groups is 1. The SMILES string of the molecule is CCNC(=NCc1ccc(-n2ccnc2C)c(F)c1)NC(C)C(C)C.I. The molecule has 0 aliphatic carbocycles. The number of nitrogens with zero attached hydrogens (tertiary/aromatic N) is 3. The maximum absolute atomic E-state index is 14.5. The van der Waals surface area contributed by atoms with E-state index >= 15 is 0 Å². The predicted molar refractivity (Wildman–Crippen MR) is 116 cm³/mol. The van der Waals surface area contributed by atoms with Crippen LogP contribution in [0.15, 0.2) is 35.6 Å². The first kappa shape index (κ1) is 22.4. The van der Waals surface area contributed by atoms with Crippen LogP contribution in [0.1, 0.15) is 39.1 Å². The van der Waals surface area contributed by atoms with Crippen molar-refractivity contribution in [1.82, 2.24) is 20.2 Å². The largest absolute Gasteiger partial charge is 0.357 e. The zero-order valence-corrected chi connectivity index (χ0v) is 18.4. The van der Waals surface area contributed by atoms with Gasteiger partial charge in [-0.25, -0.2) is 14.4 Å². The van der Waals surface area contributed by atoms with Gasteiger partial charge < -0.3 is 15.2 Å². The fraction of sp³-hybridized carbons (Fsp3) is 0.474. The van der Waals surface area contributed by atoms with E-state index in [4.69, 9.17) is 0 Å². The molecule has 1 aromatic heterocycles. The Labute approximate surface area is 172 Å². The van der Waals surface area contributed by atoms with Crippen molar-refractivity contribution in [1.29, 1.82) is 0 Å². The van der Waals surface area contributed by atoms with E-state index in [1.54, 1.807) is 23.0 Å². The van der Waals surface area contributed by atoms with E-state index in [0.29, 0.717) is 24.2 Å². The average Bonchev–Trinajstić information content (AvgIpc) is 2.98. The van der Waals surface area contributed by atoms with Gasteiger partial charge in [0.15, 0.2) is 5.96 Å². The van der Waals surface area contributed by atoms with Crippen LogP contribution in [0.3, 0.4) is 0 Å². The van der Waals surface area contributed by atoms with Crippen LogP contribution in [0.25, 0.3) is 5.69 Å². The molecule has 0 bridgehead atoms. The molecule has 2 N–H and O–H groups in total. The first-order chi connectivity index (χ1) is 11.9. The molecule has 2 rings (SSSR count). The van der Waals surface area contributed by atoms with Gasteiger partial charge in [-0.15, -0.1) is 24.0 Å². The van der Waals surface area contributed by atoms with Gasteiger partial charge in [0.25, 0.3) is 0 Å². The van der Waals surface area contributed by atoms with Gasteiger partial charge in [0.1, 0.15) is 11.6 Å². The van der Waals surface area contributed by atoms with Crippen molar-refractivity contribution < 1.29 is 4.39 Å². The number of halogens is 2. The van der Waals surface area contributed by atoms with Gasteiger partial charge in [-0.3, -0.25) is 0 Å². The number of aliphatic imine (C=N–C) groups is 1. The third kappa shape index (κ3) is 5.96. The zero-order chi connectivity index (χ0) is 18.4. The second kappa shape index (κ2) is 10.5. The first-order valence-electron chi connectivity index (χ1n) is 8.76. The summed E-state index contributed by atoms with van der Waals surface area (Å²) in [5.74, 6) is 1.73. The van der Waals surface area contributed by atoms with E-state index in [-0.39, 0.29) is 29.8 Å². The smallest absolute Gasteiger partial charge is 0.191 e.